The number of aryl methyl sites for hydroxylation is 1. The molecule has 0 bridgehead atoms. The van der Waals surface area contributed by atoms with E-state index in [4.69, 9.17) is 5.73 Å². The fourth-order valence-corrected chi connectivity index (χ4v) is 1.20. The van der Waals surface area contributed by atoms with E-state index in [9.17, 15) is 13.9 Å². The molecule has 1 aromatic carbocycles. The van der Waals surface area contributed by atoms with Crippen molar-refractivity contribution in [3.8, 4) is 5.75 Å². The minimum Gasteiger partial charge on any atom is -0.508 e. The summed E-state index contributed by atoms with van der Waals surface area (Å²) in [5.74, 6) is -0.194. The molecular weight excluding hydrogens is 188 g/mol. The average molecular weight is 201 g/mol. The first kappa shape index (κ1) is 10.9. The summed E-state index contributed by atoms with van der Waals surface area (Å²) in [7, 11) is 0. The quantitative estimate of drug-likeness (QED) is 0.770. The van der Waals surface area contributed by atoms with Crippen molar-refractivity contribution in [2.24, 2.45) is 5.73 Å². The van der Waals surface area contributed by atoms with Gasteiger partial charge in [0.1, 0.15) is 11.3 Å². The van der Waals surface area contributed by atoms with Crippen LogP contribution in [0.1, 0.15) is 18.1 Å². The summed E-state index contributed by atoms with van der Waals surface area (Å²) < 4.78 is 25.1. The van der Waals surface area contributed by atoms with Crippen molar-refractivity contribution in [3.05, 3.63) is 29.3 Å². The van der Waals surface area contributed by atoms with E-state index in [1.54, 1.807) is 13.0 Å². The lowest BCUT2D eigenvalue weighted by atomic mass is 9.91. The molecule has 1 aromatic rings. The lowest BCUT2D eigenvalue weighted by molar-refractivity contribution is 0.0611. The van der Waals surface area contributed by atoms with Crippen LogP contribution in [-0.2, 0) is 5.54 Å². The summed E-state index contributed by atoms with van der Waals surface area (Å²) in [4.78, 5) is 0. The normalized spacial score (nSPS) is 15.6. The van der Waals surface area contributed by atoms with Crippen LogP contribution in [0, 0.1) is 6.92 Å². The third-order valence-corrected chi connectivity index (χ3v) is 2.19. The minimum absolute atomic E-state index is 0.0764. The maximum Gasteiger partial charge on any atom is 0.260 e. The van der Waals surface area contributed by atoms with E-state index < -0.39 is 12.0 Å². The zero-order valence-electron chi connectivity index (χ0n) is 8.09. The van der Waals surface area contributed by atoms with Gasteiger partial charge in [0.2, 0.25) is 0 Å². The van der Waals surface area contributed by atoms with E-state index in [1.165, 1.54) is 19.1 Å². The third-order valence-electron chi connectivity index (χ3n) is 2.19. The van der Waals surface area contributed by atoms with Gasteiger partial charge in [0.25, 0.3) is 6.43 Å². The summed E-state index contributed by atoms with van der Waals surface area (Å²) in [5.41, 5.74) is 4.49. The monoisotopic (exact) mass is 201 g/mol. The van der Waals surface area contributed by atoms with Crippen molar-refractivity contribution in [2.75, 3.05) is 0 Å². The number of alkyl halides is 2. The van der Waals surface area contributed by atoms with Gasteiger partial charge >= 0.3 is 0 Å². The fourth-order valence-electron chi connectivity index (χ4n) is 1.20. The highest BCUT2D eigenvalue weighted by Gasteiger charge is 2.34. The van der Waals surface area contributed by atoms with Gasteiger partial charge in [0, 0.05) is 5.56 Å². The Hall–Kier alpha value is -1.16. The molecule has 4 heteroatoms. The first-order valence-electron chi connectivity index (χ1n) is 4.23. The molecule has 78 valence electrons. The van der Waals surface area contributed by atoms with Crippen molar-refractivity contribution in [3.63, 3.8) is 0 Å². The van der Waals surface area contributed by atoms with Gasteiger partial charge in [-0.25, -0.2) is 8.78 Å². The number of benzene rings is 1. The van der Waals surface area contributed by atoms with Crippen LogP contribution < -0.4 is 5.73 Å². The van der Waals surface area contributed by atoms with Crippen LogP contribution in [-0.4, -0.2) is 11.5 Å². The first-order valence-corrected chi connectivity index (χ1v) is 4.23. The van der Waals surface area contributed by atoms with E-state index in [0.29, 0.717) is 0 Å². The van der Waals surface area contributed by atoms with Gasteiger partial charge in [-0.05, 0) is 19.9 Å². The number of aromatic hydroxyl groups is 1. The van der Waals surface area contributed by atoms with Gasteiger partial charge in [-0.1, -0.05) is 17.7 Å². The number of halogens is 2. The van der Waals surface area contributed by atoms with Crippen molar-refractivity contribution in [1.82, 2.24) is 0 Å². The molecule has 0 aliphatic carbocycles. The molecule has 0 amide bonds. The second-order valence-electron chi connectivity index (χ2n) is 3.60. The number of nitrogens with two attached hydrogens (primary N) is 1. The molecule has 1 rings (SSSR count). The Bertz CT molecular complexity index is 337. The van der Waals surface area contributed by atoms with Gasteiger partial charge in [-0.2, -0.15) is 0 Å². The maximum absolute atomic E-state index is 12.6. The summed E-state index contributed by atoms with van der Waals surface area (Å²) in [6, 6.07) is 4.49. The molecule has 2 nitrogen and oxygen atoms in total. The van der Waals surface area contributed by atoms with Crippen molar-refractivity contribution in [2.45, 2.75) is 25.8 Å². The lowest BCUT2D eigenvalue weighted by Crippen LogP contribution is -2.40. The summed E-state index contributed by atoms with van der Waals surface area (Å²) >= 11 is 0. The van der Waals surface area contributed by atoms with Crippen LogP contribution in [0.2, 0.25) is 0 Å². The number of hydrogen-bond donors (Lipinski definition) is 2. The molecule has 0 heterocycles. The Morgan fingerprint density at radius 3 is 2.50 bits per heavy atom. The predicted molar refractivity (Wildman–Crippen MR) is 50.4 cm³/mol. The highest BCUT2D eigenvalue weighted by atomic mass is 19.3. The minimum atomic E-state index is -2.71. The van der Waals surface area contributed by atoms with Gasteiger partial charge in [0.15, 0.2) is 0 Å². The molecule has 0 aromatic heterocycles. The SMILES string of the molecule is Cc1ccc(O)c(C(C)(N)C(F)F)c1. The molecule has 0 saturated carbocycles. The second-order valence-corrected chi connectivity index (χ2v) is 3.60. The Morgan fingerprint density at radius 2 is 2.00 bits per heavy atom. The van der Waals surface area contributed by atoms with Crippen LogP contribution in [0.3, 0.4) is 0 Å². The number of phenols is 1. The standard InChI is InChI=1S/C10H13F2NO/c1-6-3-4-8(14)7(5-6)10(2,13)9(11)12/h3-5,9,14H,13H2,1-2H3. The number of hydrogen-bond acceptors (Lipinski definition) is 2. The smallest absolute Gasteiger partial charge is 0.260 e. The summed E-state index contributed by atoms with van der Waals surface area (Å²) in [6.45, 7) is 2.96. The van der Waals surface area contributed by atoms with Crippen molar-refractivity contribution >= 4 is 0 Å². The molecule has 0 aliphatic heterocycles. The lowest BCUT2D eigenvalue weighted by Gasteiger charge is -2.25. The van der Waals surface area contributed by atoms with E-state index in [2.05, 4.69) is 0 Å². The molecular formula is C10H13F2NO. The molecule has 0 fully saturated rings. The van der Waals surface area contributed by atoms with E-state index in [-0.39, 0.29) is 11.3 Å². The van der Waals surface area contributed by atoms with Crippen molar-refractivity contribution in [1.29, 1.82) is 0 Å². The molecule has 1 atom stereocenters. The maximum atomic E-state index is 12.6. The summed E-state index contributed by atoms with van der Waals surface area (Å²) in [5, 5.41) is 9.41. The largest absolute Gasteiger partial charge is 0.508 e. The molecule has 0 radical (unpaired) electrons. The first-order chi connectivity index (χ1) is 6.35. The number of rotatable bonds is 2. The van der Waals surface area contributed by atoms with Gasteiger partial charge < -0.3 is 10.8 Å². The molecule has 3 N–H and O–H groups in total. The highest BCUT2D eigenvalue weighted by Crippen LogP contribution is 2.32. The molecule has 14 heavy (non-hydrogen) atoms. The zero-order valence-corrected chi connectivity index (χ0v) is 8.09. The topological polar surface area (TPSA) is 46.2 Å². The Kier molecular flexibility index (Phi) is 2.76. The molecule has 1 unspecified atom stereocenters. The van der Waals surface area contributed by atoms with E-state index in [0.717, 1.165) is 5.56 Å². The molecule has 0 saturated heterocycles. The van der Waals surface area contributed by atoms with Gasteiger partial charge in [0.05, 0.1) is 0 Å². The van der Waals surface area contributed by atoms with Crippen molar-refractivity contribution < 1.29 is 13.9 Å². The molecule has 0 spiro atoms. The van der Waals surface area contributed by atoms with Crippen LogP contribution in [0.25, 0.3) is 0 Å². The van der Waals surface area contributed by atoms with E-state index in [1.807, 2.05) is 0 Å². The Morgan fingerprint density at radius 1 is 1.43 bits per heavy atom. The highest BCUT2D eigenvalue weighted by molar-refractivity contribution is 5.40. The Balaban J connectivity index is 3.24. The third kappa shape index (κ3) is 1.85. The van der Waals surface area contributed by atoms with Crippen LogP contribution in [0.5, 0.6) is 5.75 Å². The van der Waals surface area contributed by atoms with Crippen LogP contribution in [0.15, 0.2) is 18.2 Å². The predicted octanol–water partition coefficient (Wildman–Crippen LogP) is 2.14. The Labute approximate surface area is 81.4 Å². The van der Waals surface area contributed by atoms with E-state index >= 15 is 0 Å². The zero-order chi connectivity index (χ0) is 10.9. The fraction of sp³-hybridized carbons (Fsp3) is 0.400. The number of phenolic OH excluding ortho intramolecular Hbond substituents is 1. The second kappa shape index (κ2) is 3.53. The van der Waals surface area contributed by atoms with Crippen LogP contribution in [0.4, 0.5) is 8.78 Å². The van der Waals surface area contributed by atoms with Gasteiger partial charge in [-0.3, -0.25) is 0 Å². The van der Waals surface area contributed by atoms with Crippen LogP contribution >= 0.6 is 0 Å². The summed E-state index contributed by atoms with van der Waals surface area (Å²) in [6.07, 6.45) is -2.71. The van der Waals surface area contributed by atoms with Gasteiger partial charge in [-0.15, -0.1) is 0 Å². The molecule has 0 aliphatic rings. The average Bonchev–Trinajstić information content (AvgIpc) is 2.08.